The third-order valence-electron chi connectivity index (χ3n) is 5.09. The highest BCUT2D eigenvalue weighted by Crippen LogP contribution is 2.32. The molecule has 126 valence electrons. The number of hydrogen-bond acceptors (Lipinski definition) is 4. The lowest BCUT2D eigenvalue weighted by Gasteiger charge is -2.38. The number of piperazine rings is 1. The van der Waals surface area contributed by atoms with Crippen molar-refractivity contribution in [3.8, 4) is 5.75 Å². The summed E-state index contributed by atoms with van der Waals surface area (Å²) in [5.41, 5.74) is 7.68. The minimum atomic E-state index is 0.261. The van der Waals surface area contributed by atoms with Gasteiger partial charge in [0.05, 0.1) is 12.8 Å². The number of benzene rings is 1. The van der Waals surface area contributed by atoms with Gasteiger partial charge >= 0.3 is 0 Å². The van der Waals surface area contributed by atoms with Crippen LogP contribution in [0.5, 0.6) is 5.75 Å². The maximum absolute atomic E-state index is 12.6. The van der Waals surface area contributed by atoms with Crippen LogP contribution in [0.25, 0.3) is 0 Å². The summed E-state index contributed by atoms with van der Waals surface area (Å²) in [5, 5.41) is 0. The van der Waals surface area contributed by atoms with Crippen LogP contribution in [0.2, 0.25) is 0 Å². The van der Waals surface area contributed by atoms with Gasteiger partial charge in [-0.3, -0.25) is 4.79 Å². The van der Waals surface area contributed by atoms with Crippen molar-refractivity contribution in [2.45, 2.75) is 32.1 Å². The molecule has 2 aliphatic rings. The molecule has 1 saturated carbocycles. The third-order valence-corrected chi connectivity index (χ3v) is 5.09. The average Bonchev–Trinajstić information content (AvgIpc) is 2.62. The number of nitrogen functional groups attached to an aromatic ring is 1. The van der Waals surface area contributed by atoms with Crippen LogP contribution in [-0.4, -0.2) is 44.1 Å². The second kappa shape index (κ2) is 7.11. The summed E-state index contributed by atoms with van der Waals surface area (Å²) in [6, 6.07) is 5.72. The number of rotatable bonds is 3. The zero-order valence-electron chi connectivity index (χ0n) is 14.0. The van der Waals surface area contributed by atoms with Crippen molar-refractivity contribution in [1.29, 1.82) is 0 Å². The first-order valence-electron chi connectivity index (χ1n) is 8.66. The molecule has 0 atom stereocenters. The van der Waals surface area contributed by atoms with E-state index in [1.807, 2.05) is 23.1 Å². The number of carbonyl (C=O) groups excluding carboxylic acids is 1. The number of methoxy groups -OCH3 is 1. The largest absolute Gasteiger partial charge is 0.495 e. The number of amides is 1. The predicted octanol–water partition coefficient (Wildman–Crippen LogP) is 2.51. The van der Waals surface area contributed by atoms with Gasteiger partial charge in [0, 0.05) is 37.8 Å². The number of hydrogen-bond donors (Lipinski definition) is 1. The highest BCUT2D eigenvalue weighted by molar-refractivity contribution is 5.79. The van der Waals surface area contributed by atoms with E-state index >= 15 is 0 Å². The van der Waals surface area contributed by atoms with Crippen LogP contribution in [0, 0.1) is 5.92 Å². The van der Waals surface area contributed by atoms with Crippen LogP contribution in [0.3, 0.4) is 0 Å². The fourth-order valence-corrected chi connectivity index (χ4v) is 3.73. The fraction of sp³-hybridized carbons (Fsp3) is 0.611. The quantitative estimate of drug-likeness (QED) is 0.870. The SMILES string of the molecule is COc1ccc(N)cc1N1CCN(C(=O)C2CCCCC2)CC1. The van der Waals surface area contributed by atoms with Crippen molar-refractivity contribution in [1.82, 2.24) is 4.90 Å². The summed E-state index contributed by atoms with van der Waals surface area (Å²) >= 11 is 0. The smallest absolute Gasteiger partial charge is 0.225 e. The first-order chi connectivity index (χ1) is 11.2. The van der Waals surface area contributed by atoms with Gasteiger partial charge in [-0.1, -0.05) is 19.3 Å². The molecule has 2 fully saturated rings. The molecule has 2 N–H and O–H groups in total. The van der Waals surface area contributed by atoms with Crippen LogP contribution in [0.4, 0.5) is 11.4 Å². The fourth-order valence-electron chi connectivity index (χ4n) is 3.73. The molecule has 1 aliphatic heterocycles. The van der Waals surface area contributed by atoms with E-state index in [0.717, 1.165) is 56.1 Å². The topological polar surface area (TPSA) is 58.8 Å². The van der Waals surface area contributed by atoms with Gasteiger partial charge < -0.3 is 20.3 Å². The monoisotopic (exact) mass is 317 g/mol. The first-order valence-corrected chi connectivity index (χ1v) is 8.66. The third kappa shape index (κ3) is 3.54. The average molecular weight is 317 g/mol. The van der Waals surface area contributed by atoms with Crippen LogP contribution >= 0.6 is 0 Å². The molecule has 1 amide bonds. The van der Waals surface area contributed by atoms with Gasteiger partial charge in [-0.15, -0.1) is 0 Å². The highest BCUT2D eigenvalue weighted by Gasteiger charge is 2.29. The Morgan fingerprint density at radius 3 is 2.48 bits per heavy atom. The maximum atomic E-state index is 12.6. The van der Waals surface area contributed by atoms with Crippen LogP contribution in [-0.2, 0) is 4.79 Å². The summed E-state index contributed by atoms with van der Waals surface area (Å²) in [6.07, 6.45) is 5.84. The molecule has 0 aromatic heterocycles. The van der Waals surface area contributed by atoms with E-state index in [9.17, 15) is 4.79 Å². The molecule has 0 radical (unpaired) electrons. The minimum absolute atomic E-state index is 0.261. The molecule has 5 heteroatoms. The van der Waals surface area contributed by atoms with Crippen molar-refractivity contribution in [2.75, 3.05) is 43.9 Å². The van der Waals surface area contributed by atoms with E-state index in [0.29, 0.717) is 5.91 Å². The molecule has 5 nitrogen and oxygen atoms in total. The van der Waals surface area contributed by atoms with E-state index in [2.05, 4.69) is 4.90 Å². The van der Waals surface area contributed by atoms with Gasteiger partial charge in [0.2, 0.25) is 5.91 Å². The molecule has 0 bridgehead atoms. The van der Waals surface area contributed by atoms with Gasteiger partial charge in [-0.2, -0.15) is 0 Å². The molecule has 3 rings (SSSR count). The number of nitrogens with zero attached hydrogens (tertiary/aromatic N) is 2. The Balaban J connectivity index is 1.62. The Morgan fingerprint density at radius 2 is 1.83 bits per heavy atom. The Hall–Kier alpha value is -1.91. The first kappa shape index (κ1) is 16.0. The Morgan fingerprint density at radius 1 is 1.13 bits per heavy atom. The Bertz CT molecular complexity index is 547. The van der Waals surface area contributed by atoms with E-state index in [4.69, 9.17) is 10.5 Å². The molecule has 1 heterocycles. The lowest BCUT2D eigenvalue weighted by molar-refractivity contribution is -0.136. The molecular formula is C18H27N3O2. The van der Waals surface area contributed by atoms with E-state index < -0.39 is 0 Å². The van der Waals surface area contributed by atoms with Gasteiger partial charge in [-0.05, 0) is 31.0 Å². The van der Waals surface area contributed by atoms with Gasteiger partial charge in [0.15, 0.2) is 0 Å². The van der Waals surface area contributed by atoms with E-state index in [1.165, 1.54) is 19.3 Å². The summed E-state index contributed by atoms with van der Waals surface area (Å²) < 4.78 is 5.45. The highest BCUT2D eigenvalue weighted by atomic mass is 16.5. The summed E-state index contributed by atoms with van der Waals surface area (Å²) in [6.45, 7) is 3.23. The number of anilines is 2. The second-order valence-corrected chi connectivity index (χ2v) is 6.58. The summed E-state index contributed by atoms with van der Waals surface area (Å²) in [5.74, 6) is 1.47. The van der Waals surface area contributed by atoms with Crippen molar-refractivity contribution in [2.24, 2.45) is 5.92 Å². The molecule has 0 unspecified atom stereocenters. The van der Waals surface area contributed by atoms with Gasteiger partial charge in [0.25, 0.3) is 0 Å². The molecule has 0 spiro atoms. The normalized spacial score (nSPS) is 19.7. The molecule has 1 aliphatic carbocycles. The van der Waals surface area contributed by atoms with Crippen molar-refractivity contribution in [3.05, 3.63) is 18.2 Å². The van der Waals surface area contributed by atoms with Crippen LogP contribution < -0.4 is 15.4 Å². The van der Waals surface area contributed by atoms with Crippen molar-refractivity contribution < 1.29 is 9.53 Å². The van der Waals surface area contributed by atoms with Crippen molar-refractivity contribution >= 4 is 17.3 Å². The van der Waals surface area contributed by atoms with E-state index in [1.54, 1.807) is 7.11 Å². The predicted molar refractivity (Wildman–Crippen MR) is 92.8 cm³/mol. The molecular weight excluding hydrogens is 290 g/mol. The molecule has 1 aromatic carbocycles. The zero-order chi connectivity index (χ0) is 16.2. The molecule has 1 saturated heterocycles. The standard InChI is InChI=1S/C18H27N3O2/c1-23-17-8-7-15(19)13-16(17)20-9-11-21(12-10-20)18(22)14-5-3-2-4-6-14/h7-8,13-14H,2-6,9-12,19H2,1H3. The molecule has 1 aromatic rings. The number of ether oxygens (including phenoxy) is 1. The number of carbonyl (C=O) groups is 1. The maximum Gasteiger partial charge on any atom is 0.225 e. The zero-order valence-corrected chi connectivity index (χ0v) is 14.0. The molecule has 23 heavy (non-hydrogen) atoms. The number of nitrogens with two attached hydrogens (primary N) is 1. The van der Waals surface area contributed by atoms with Crippen molar-refractivity contribution in [3.63, 3.8) is 0 Å². The van der Waals surface area contributed by atoms with Crippen LogP contribution in [0.15, 0.2) is 18.2 Å². The minimum Gasteiger partial charge on any atom is -0.495 e. The van der Waals surface area contributed by atoms with E-state index in [-0.39, 0.29) is 5.92 Å². The summed E-state index contributed by atoms with van der Waals surface area (Å²) in [4.78, 5) is 16.9. The Labute approximate surface area is 138 Å². The Kier molecular flexibility index (Phi) is 4.94. The van der Waals surface area contributed by atoms with Gasteiger partial charge in [-0.25, -0.2) is 0 Å². The lowest BCUT2D eigenvalue weighted by Crippen LogP contribution is -2.50. The van der Waals surface area contributed by atoms with Crippen LogP contribution in [0.1, 0.15) is 32.1 Å². The van der Waals surface area contributed by atoms with Gasteiger partial charge in [0.1, 0.15) is 5.75 Å². The lowest BCUT2D eigenvalue weighted by atomic mass is 9.88. The second-order valence-electron chi connectivity index (χ2n) is 6.58. The summed E-state index contributed by atoms with van der Waals surface area (Å²) in [7, 11) is 1.68.